The third-order valence-corrected chi connectivity index (χ3v) is 2.41. The van der Waals surface area contributed by atoms with Crippen LogP contribution in [0.2, 0.25) is 0 Å². The summed E-state index contributed by atoms with van der Waals surface area (Å²) in [4.78, 5) is 0. The first-order valence-corrected chi connectivity index (χ1v) is 4.42. The minimum absolute atomic E-state index is 0.0503. The van der Waals surface area contributed by atoms with E-state index in [0.29, 0.717) is 6.07 Å². The molecule has 1 aromatic carbocycles. The van der Waals surface area contributed by atoms with Gasteiger partial charge in [-0.05, 0) is 24.8 Å². The molecule has 1 aromatic rings. The summed E-state index contributed by atoms with van der Waals surface area (Å²) in [7, 11) is 0. The molecule has 1 N–H and O–H groups in total. The predicted octanol–water partition coefficient (Wildman–Crippen LogP) is 2.55. The summed E-state index contributed by atoms with van der Waals surface area (Å²) in [5.41, 5.74) is -0.273. The standard InChI is InChI=1S/C10H9F3O/c11-6-3-7(9(13)8(12)4-6)10(14)5-1-2-5/h3-5,10,14H,1-2H2. The van der Waals surface area contributed by atoms with Crippen molar-refractivity contribution in [2.75, 3.05) is 0 Å². The summed E-state index contributed by atoms with van der Waals surface area (Å²) in [6.07, 6.45) is 0.470. The number of hydrogen-bond acceptors (Lipinski definition) is 1. The van der Waals surface area contributed by atoms with Crippen LogP contribution >= 0.6 is 0 Å². The average molecular weight is 202 g/mol. The Bertz CT molecular complexity index is 361. The van der Waals surface area contributed by atoms with Crippen molar-refractivity contribution in [2.45, 2.75) is 18.9 Å². The van der Waals surface area contributed by atoms with Gasteiger partial charge in [-0.1, -0.05) is 0 Å². The van der Waals surface area contributed by atoms with Crippen LogP contribution in [0.25, 0.3) is 0 Å². The van der Waals surface area contributed by atoms with Crippen LogP contribution in [0, 0.1) is 23.4 Å². The molecule has 1 unspecified atom stereocenters. The van der Waals surface area contributed by atoms with E-state index in [1.54, 1.807) is 0 Å². The van der Waals surface area contributed by atoms with Gasteiger partial charge in [-0.3, -0.25) is 0 Å². The Kier molecular flexibility index (Phi) is 2.23. The van der Waals surface area contributed by atoms with E-state index < -0.39 is 23.6 Å². The van der Waals surface area contributed by atoms with Crippen LogP contribution in [-0.4, -0.2) is 5.11 Å². The van der Waals surface area contributed by atoms with Crippen molar-refractivity contribution < 1.29 is 18.3 Å². The van der Waals surface area contributed by atoms with Crippen LogP contribution in [0.1, 0.15) is 24.5 Å². The lowest BCUT2D eigenvalue weighted by Crippen LogP contribution is -2.05. The fourth-order valence-corrected chi connectivity index (χ4v) is 1.46. The van der Waals surface area contributed by atoms with Crippen molar-refractivity contribution >= 4 is 0 Å². The van der Waals surface area contributed by atoms with Gasteiger partial charge in [0.05, 0.1) is 6.10 Å². The first-order chi connectivity index (χ1) is 6.59. The summed E-state index contributed by atoms with van der Waals surface area (Å²) >= 11 is 0. The predicted molar refractivity (Wildman–Crippen MR) is 44.0 cm³/mol. The fraction of sp³-hybridized carbons (Fsp3) is 0.400. The smallest absolute Gasteiger partial charge is 0.164 e. The minimum atomic E-state index is -1.25. The number of aliphatic hydroxyl groups is 1. The molecule has 4 heteroatoms. The van der Waals surface area contributed by atoms with Gasteiger partial charge in [-0.25, -0.2) is 13.2 Å². The molecule has 0 aromatic heterocycles. The molecule has 0 bridgehead atoms. The first-order valence-electron chi connectivity index (χ1n) is 4.42. The van der Waals surface area contributed by atoms with E-state index in [1.165, 1.54) is 0 Å². The van der Waals surface area contributed by atoms with E-state index in [2.05, 4.69) is 0 Å². The average Bonchev–Trinajstić information content (AvgIpc) is 2.93. The number of hydrogen-bond donors (Lipinski definition) is 1. The van der Waals surface area contributed by atoms with Gasteiger partial charge in [-0.15, -0.1) is 0 Å². The summed E-state index contributed by atoms with van der Waals surface area (Å²) in [6.45, 7) is 0. The second-order valence-corrected chi connectivity index (χ2v) is 3.57. The van der Waals surface area contributed by atoms with Crippen LogP contribution in [0.3, 0.4) is 0 Å². The topological polar surface area (TPSA) is 20.2 Å². The van der Waals surface area contributed by atoms with Crippen LogP contribution in [0.15, 0.2) is 12.1 Å². The fourth-order valence-electron chi connectivity index (χ4n) is 1.46. The van der Waals surface area contributed by atoms with E-state index >= 15 is 0 Å². The quantitative estimate of drug-likeness (QED) is 0.730. The Balaban J connectivity index is 2.39. The highest BCUT2D eigenvalue weighted by atomic mass is 19.2. The largest absolute Gasteiger partial charge is 0.388 e. The van der Waals surface area contributed by atoms with E-state index in [-0.39, 0.29) is 11.5 Å². The number of halogens is 3. The molecule has 14 heavy (non-hydrogen) atoms. The number of aliphatic hydroxyl groups excluding tert-OH is 1. The van der Waals surface area contributed by atoms with Crippen molar-refractivity contribution in [3.8, 4) is 0 Å². The maximum atomic E-state index is 13.1. The molecule has 76 valence electrons. The second-order valence-electron chi connectivity index (χ2n) is 3.57. The molecule has 0 saturated heterocycles. The van der Waals surface area contributed by atoms with Crippen molar-refractivity contribution in [3.63, 3.8) is 0 Å². The molecule has 0 radical (unpaired) electrons. The molecule has 1 saturated carbocycles. The third-order valence-electron chi connectivity index (χ3n) is 2.41. The lowest BCUT2D eigenvalue weighted by atomic mass is 10.0. The molecular formula is C10H9F3O. The van der Waals surface area contributed by atoms with Crippen LogP contribution < -0.4 is 0 Å². The Labute approximate surface area is 79.2 Å². The molecule has 1 aliphatic rings. The molecular weight excluding hydrogens is 193 g/mol. The Morgan fingerprint density at radius 2 is 1.86 bits per heavy atom. The highest BCUT2D eigenvalue weighted by Gasteiger charge is 2.33. The number of benzene rings is 1. The number of rotatable bonds is 2. The van der Waals surface area contributed by atoms with E-state index in [9.17, 15) is 18.3 Å². The van der Waals surface area contributed by atoms with Gasteiger partial charge >= 0.3 is 0 Å². The lowest BCUT2D eigenvalue weighted by molar-refractivity contribution is 0.147. The third kappa shape index (κ3) is 1.62. The molecule has 0 spiro atoms. The highest BCUT2D eigenvalue weighted by molar-refractivity contribution is 5.23. The normalized spacial score (nSPS) is 18.3. The van der Waals surface area contributed by atoms with E-state index in [0.717, 1.165) is 18.9 Å². The van der Waals surface area contributed by atoms with Crippen molar-refractivity contribution in [2.24, 2.45) is 5.92 Å². The summed E-state index contributed by atoms with van der Waals surface area (Å²) in [5, 5.41) is 9.52. The zero-order valence-electron chi connectivity index (χ0n) is 7.30. The molecule has 1 atom stereocenters. The minimum Gasteiger partial charge on any atom is -0.388 e. The summed E-state index contributed by atoms with van der Waals surface area (Å²) in [5.74, 6) is -3.31. The SMILES string of the molecule is OC(c1cc(F)cc(F)c1F)C1CC1. The molecule has 1 aliphatic carbocycles. The summed E-state index contributed by atoms with van der Waals surface area (Å²) in [6, 6.07) is 1.32. The zero-order chi connectivity index (χ0) is 10.3. The Hall–Kier alpha value is -1.03. The zero-order valence-corrected chi connectivity index (χ0v) is 7.30. The van der Waals surface area contributed by atoms with Crippen molar-refractivity contribution in [3.05, 3.63) is 35.1 Å². The molecule has 2 rings (SSSR count). The van der Waals surface area contributed by atoms with Crippen LogP contribution in [-0.2, 0) is 0 Å². The van der Waals surface area contributed by atoms with Crippen LogP contribution in [0.5, 0.6) is 0 Å². The molecule has 1 fully saturated rings. The highest BCUT2D eigenvalue weighted by Crippen LogP contribution is 2.41. The van der Waals surface area contributed by atoms with Gasteiger partial charge < -0.3 is 5.11 Å². The van der Waals surface area contributed by atoms with Gasteiger partial charge in [0.1, 0.15) is 5.82 Å². The molecule has 0 amide bonds. The lowest BCUT2D eigenvalue weighted by Gasteiger charge is -2.10. The summed E-state index contributed by atoms with van der Waals surface area (Å²) < 4.78 is 38.6. The Morgan fingerprint density at radius 3 is 2.43 bits per heavy atom. The van der Waals surface area contributed by atoms with Crippen molar-refractivity contribution in [1.82, 2.24) is 0 Å². The monoisotopic (exact) mass is 202 g/mol. The maximum absolute atomic E-state index is 13.1. The van der Waals surface area contributed by atoms with Gasteiger partial charge in [0.25, 0.3) is 0 Å². The molecule has 1 nitrogen and oxygen atoms in total. The van der Waals surface area contributed by atoms with Gasteiger partial charge in [0.15, 0.2) is 11.6 Å². The van der Waals surface area contributed by atoms with Gasteiger partial charge in [0, 0.05) is 11.6 Å². The van der Waals surface area contributed by atoms with Crippen LogP contribution in [0.4, 0.5) is 13.2 Å². The van der Waals surface area contributed by atoms with Gasteiger partial charge in [-0.2, -0.15) is 0 Å². The van der Waals surface area contributed by atoms with E-state index in [1.807, 2.05) is 0 Å². The Morgan fingerprint density at radius 1 is 1.21 bits per heavy atom. The maximum Gasteiger partial charge on any atom is 0.164 e. The van der Waals surface area contributed by atoms with Gasteiger partial charge in [0.2, 0.25) is 0 Å². The van der Waals surface area contributed by atoms with Crippen molar-refractivity contribution in [1.29, 1.82) is 0 Å². The molecule has 0 aliphatic heterocycles. The second kappa shape index (κ2) is 3.28. The van der Waals surface area contributed by atoms with E-state index in [4.69, 9.17) is 0 Å². The molecule has 0 heterocycles. The first kappa shape index (κ1) is 9.52.